The van der Waals surface area contributed by atoms with E-state index in [4.69, 9.17) is 0 Å². The number of nitrogens with one attached hydrogen (secondary N) is 2. The molecule has 2 N–H and O–H groups in total. The van der Waals surface area contributed by atoms with Gasteiger partial charge >= 0.3 is 6.18 Å². The topological polar surface area (TPSA) is 75.3 Å². The number of benzene rings is 2. The molecule has 0 aromatic heterocycles. The highest BCUT2D eigenvalue weighted by atomic mass is 79.9. The number of sulfonamides is 1. The van der Waals surface area contributed by atoms with Gasteiger partial charge in [-0.05, 0) is 46.3 Å². The Labute approximate surface area is 150 Å². The Kier molecular flexibility index (Phi) is 5.43. The molecule has 5 nitrogen and oxygen atoms in total. The van der Waals surface area contributed by atoms with Crippen LogP contribution in [0, 0.1) is 0 Å². The highest BCUT2D eigenvalue weighted by Gasteiger charge is 2.35. The highest BCUT2D eigenvalue weighted by molar-refractivity contribution is 9.10. The molecule has 25 heavy (non-hydrogen) atoms. The van der Waals surface area contributed by atoms with Crippen LogP contribution in [0.5, 0.6) is 0 Å². The Hall–Kier alpha value is -2.07. The van der Waals surface area contributed by atoms with E-state index in [1.165, 1.54) is 24.3 Å². The molecule has 134 valence electrons. The second-order valence-electron chi connectivity index (χ2n) is 4.98. The number of hydrogen-bond acceptors (Lipinski definition) is 3. The Bertz CT molecular complexity index is 914. The van der Waals surface area contributed by atoms with Crippen LogP contribution in [0.2, 0.25) is 0 Å². The fourth-order valence-electron chi connectivity index (χ4n) is 2.01. The molecule has 0 aliphatic heterocycles. The summed E-state index contributed by atoms with van der Waals surface area (Å²) in [6.07, 6.45) is -4.82. The Morgan fingerprint density at radius 3 is 2.32 bits per heavy atom. The van der Waals surface area contributed by atoms with Crippen LogP contribution in [0.4, 0.5) is 24.5 Å². The maximum Gasteiger partial charge on any atom is 0.418 e. The molecule has 0 spiro atoms. The minimum atomic E-state index is -4.82. The molecule has 0 aliphatic carbocycles. The standard InChI is InChI=1S/C15H12BrF3N2O3S/c1-9(22)20-10-6-7-13(11(8-10)15(17,18)19)21-25(23,24)14-5-3-2-4-12(14)16/h2-8,21H,1H3,(H,20,22). The molecule has 0 bridgehead atoms. The maximum absolute atomic E-state index is 13.3. The van der Waals surface area contributed by atoms with Crippen LogP contribution < -0.4 is 10.0 Å². The van der Waals surface area contributed by atoms with Crippen LogP contribution in [0.15, 0.2) is 51.8 Å². The number of amides is 1. The third kappa shape index (κ3) is 4.73. The lowest BCUT2D eigenvalue weighted by Gasteiger charge is -2.16. The molecule has 0 unspecified atom stereocenters. The van der Waals surface area contributed by atoms with E-state index in [2.05, 4.69) is 21.2 Å². The van der Waals surface area contributed by atoms with Gasteiger partial charge < -0.3 is 5.32 Å². The van der Waals surface area contributed by atoms with E-state index in [9.17, 15) is 26.4 Å². The molecular formula is C15H12BrF3N2O3S. The molecule has 0 atom stereocenters. The monoisotopic (exact) mass is 436 g/mol. The van der Waals surface area contributed by atoms with Gasteiger partial charge in [0.1, 0.15) is 4.90 Å². The number of alkyl halides is 3. The molecule has 10 heteroatoms. The normalized spacial score (nSPS) is 11.9. The van der Waals surface area contributed by atoms with Crippen molar-refractivity contribution in [2.24, 2.45) is 0 Å². The van der Waals surface area contributed by atoms with E-state index >= 15 is 0 Å². The fourth-order valence-corrected chi connectivity index (χ4v) is 4.10. The number of anilines is 2. The summed E-state index contributed by atoms with van der Waals surface area (Å²) in [6, 6.07) is 8.52. The van der Waals surface area contributed by atoms with Gasteiger partial charge in [0.15, 0.2) is 0 Å². The van der Waals surface area contributed by atoms with E-state index in [1.54, 1.807) is 6.07 Å². The minimum absolute atomic E-state index is 0.0938. The first-order valence-electron chi connectivity index (χ1n) is 6.77. The highest BCUT2D eigenvalue weighted by Crippen LogP contribution is 2.37. The molecule has 2 aromatic carbocycles. The number of halogens is 4. The Morgan fingerprint density at radius 1 is 1.12 bits per heavy atom. The third-order valence-corrected chi connectivity index (χ3v) is 5.39. The maximum atomic E-state index is 13.3. The third-order valence-electron chi connectivity index (χ3n) is 3.02. The number of carbonyl (C=O) groups is 1. The summed E-state index contributed by atoms with van der Waals surface area (Å²) in [5, 5.41) is 2.22. The van der Waals surface area contributed by atoms with E-state index < -0.39 is 33.4 Å². The van der Waals surface area contributed by atoms with Gasteiger partial charge in [0.05, 0.1) is 11.3 Å². The van der Waals surface area contributed by atoms with Gasteiger partial charge in [-0.15, -0.1) is 0 Å². The molecule has 0 radical (unpaired) electrons. The van der Waals surface area contributed by atoms with Crippen LogP contribution in [0.25, 0.3) is 0 Å². The summed E-state index contributed by atoms with van der Waals surface area (Å²) in [5.74, 6) is -0.547. The SMILES string of the molecule is CC(=O)Nc1ccc(NS(=O)(=O)c2ccccc2Br)c(C(F)(F)F)c1. The average Bonchev–Trinajstić information content (AvgIpc) is 2.47. The molecule has 0 fully saturated rings. The zero-order valence-corrected chi connectivity index (χ0v) is 15.1. The first-order chi connectivity index (χ1) is 11.5. The molecule has 0 aliphatic rings. The molecule has 2 aromatic rings. The minimum Gasteiger partial charge on any atom is -0.326 e. The van der Waals surface area contributed by atoms with Gasteiger partial charge in [0.2, 0.25) is 5.91 Å². The van der Waals surface area contributed by atoms with Crippen molar-refractivity contribution in [1.82, 2.24) is 0 Å². The van der Waals surface area contributed by atoms with Crippen LogP contribution >= 0.6 is 15.9 Å². The lowest BCUT2D eigenvalue weighted by molar-refractivity contribution is -0.136. The van der Waals surface area contributed by atoms with Crippen LogP contribution in [0.1, 0.15) is 12.5 Å². The predicted molar refractivity (Wildman–Crippen MR) is 90.7 cm³/mol. The predicted octanol–water partition coefficient (Wildman–Crippen LogP) is 4.23. The van der Waals surface area contributed by atoms with Crippen molar-refractivity contribution in [2.45, 2.75) is 18.0 Å². The lowest BCUT2D eigenvalue weighted by atomic mass is 10.1. The summed E-state index contributed by atoms with van der Waals surface area (Å²) >= 11 is 3.05. The second kappa shape index (κ2) is 7.04. The van der Waals surface area contributed by atoms with E-state index in [-0.39, 0.29) is 15.1 Å². The zero-order chi connectivity index (χ0) is 18.8. The van der Waals surface area contributed by atoms with E-state index in [0.29, 0.717) is 6.07 Å². The van der Waals surface area contributed by atoms with E-state index in [0.717, 1.165) is 13.0 Å². The first kappa shape index (κ1) is 19.3. The van der Waals surface area contributed by atoms with Gasteiger partial charge in [-0.2, -0.15) is 13.2 Å². The summed E-state index contributed by atoms with van der Waals surface area (Å²) < 4.78 is 66.7. The van der Waals surface area contributed by atoms with Crippen molar-refractivity contribution in [1.29, 1.82) is 0 Å². The van der Waals surface area contributed by atoms with Crippen molar-refractivity contribution in [3.63, 3.8) is 0 Å². The largest absolute Gasteiger partial charge is 0.418 e. The molecule has 0 heterocycles. The molecule has 2 rings (SSSR count). The van der Waals surface area contributed by atoms with Crippen LogP contribution in [0.3, 0.4) is 0 Å². The molecular weight excluding hydrogens is 425 g/mol. The van der Waals surface area contributed by atoms with Gasteiger partial charge in [-0.1, -0.05) is 12.1 Å². The summed E-state index contributed by atoms with van der Waals surface area (Å²) in [5.41, 5.74) is -1.95. The van der Waals surface area contributed by atoms with Crippen molar-refractivity contribution in [2.75, 3.05) is 10.0 Å². The zero-order valence-electron chi connectivity index (χ0n) is 12.7. The van der Waals surface area contributed by atoms with Gasteiger partial charge in [0.25, 0.3) is 10.0 Å². The number of carbonyl (C=O) groups excluding carboxylic acids is 1. The first-order valence-corrected chi connectivity index (χ1v) is 9.04. The lowest BCUT2D eigenvalue weighted by Crippen LogP contribution is -2.18. The van der Waals surface area contributed by atoms with E-state index in [1.807, 2.05) is 4.72 Å². The fraction of sp³-hybridized carbons (Fsp3) is 0.133. The average molecular weight is 437 g/mol. The van der Waals surface area contributed by atoms with Crippen LogP contribution in [-0.2, 0) is 21.0 Å². The molecule has 1 amide bonds. The van der Waals surface area contributed by atoms with Gasteiger partial charge in [0, 0.05) is 17.1 Å². The Balaban J connectivity index is 2.48. The summed E-state index contributed by atoms with van der Waals surface area (Å²) in [4.78, 5) is 10.8. The number of hydrogen-bond donors (Lipinski definition) is 2. The summed E-state index contributed by atoms with van der Waals surface area (Å²) in [6.45, 7) is 1.15. The second-order valence-corrected chi connectivity index (χ2v) is 7.48. The van der Waals surface area contributed by atoms with Crippen LogP contribution in [-0.4, -0.2) is 14.3 Å². The smallest absolute Gasteiger partial charge is 0.326 e. The Morgan fingerprint density at radius 2 is 1.76 bits per heavy atom. The van der Waals surface area contributed by atoms with Crippen molar-refractivity contribution in [3.05, 3.63) is 52.5 Å². The molecule has 0 saturated heterocycles. The van der Waals surface area contributed by atoms with Gasteiger partial charge in [-0.25, -0.2) is 8.42 Å². The molecule has 0 saturated carbocycles. The number of rotatable bonds is 4. The quantitative estimate of drug-likeness (QED) is 0.752. The van der Waals surface area contributed by atoms with Crippen molar-refractivity contribution < 1.29 is 26.4 Å². The van der Waals surface area contributed by atoms with Crippen molar-refractivity contribution >= 4 is 43.2 Å². The summed E-state index contributed by atoms with van der Waals surface area (Å²) in [7, 11) is -4.25. The van der Waals surface area contributed by atoms with Gasteiger partial charge in [-0.3, -0.25) is 9.52 Å². The van der Waals surface area contributed by atoms with Crippen molar-refractivity contribution in [3.8, 4) is 0 Å².